The zero-order valence-corrected chi connectivity index (χ0v) is 7.26. The Morgan fingerprint density at radius 1 is 1.31 bits per heavy atom. The van der Waals surface area contributed by atoms with E-state index in [9.17, 15) is 13.6 Å². The van der Waals surface area contributed by atoms with Gasteiger partial charge in [0.25, 0.3) is 0 Å². The van der Waals surface area contributed by atoms with E-state index in [0.717, 1.165) is 0 Å². The van der Waals surface area contributed by atoms with Gasteiger partial charge in [-0.1, -0.05) is 0 Å². The molecule has 1 aliphatic heterocycles. The Morgan fingerprint density at radius 2 is 1.92 bits per heavy atom. The predicted octanol–water partition coefficient (Wildman–Crippen LogP) is 1.57. The number of carbonyl (C=O) groups excluding carboxylic acids is 1. The molecule has 1 spiro atoms. The molecule has 0 aromatic heterocycles. The highest BCUT2D eigenvalue weighted by Gasteiger charge is 2.52. The Balaban J connectivity index is 2.09. The molecule has 74 valence electrons. The van der Waals surface area contributed by atoms with E-state index in [4.69, 9.17) is 4.74 Å². The van der Waals surface area contributed by atoms with E-state index in [1.807, 2.05) is 0 Å². The van der Waals surface area contributed by atoms with Crippen LogP contribution in [0.2, 0.25) is 0 Å². The molecule has 0 aromatic rings. The topological polar surface area (TPSA) is 26.3 Å². The Kier molecular flexibility index (Phi) is 2.10. The van der Waals surface area contributed by atoms with E-state index in [0.29, 0.717) is 25.7 Å². The van der Waals surface area contributed by atoms with Crippen LogP contribution in [0.25, 0.3) is 0 Å². The number of alkyl halides is 2. The first-order chi connectivity index (χ1) is 6.14. The number of halogens is 2. The highest BCUT2D eigenvalue weighted by Crippen LogP contribution is 2.41. The summed E-state index contributed by atoms with van der Waals surface area (Å²) in [6.45, 7) is -0.157. The molecule has 1 heterocycles. The minimum Gasteiger partial charge on any atom is -0.369 e. The standard InChI is InChI=1S/C9H12F2O2/c10-7-5-13-9(8(7)11)3-1-6(12)2-4-9/h7-8H,1-5H2. The number of hydrogen-bond donors (Lipinski definition) is 0. The summed E-state index contributed by atoms with van der Waals surface area (Å²) >= 11 is 0. The first-order valence-corrected chi connectivity index (χ1v) is 4.58. The minimum absolute atomic E-state index is 0.128. The van der Waals surface area contributed by atoms with Gasteiger partial charge < -0.3 is 4.74 Å². The maximum atomic E-state index is 13.4. The normalized spacial score (nSPS) is 38.5. The van der Waals surface area contributed by atoms with Gasteiger partial charge >= 0.3 is 0 Å². The van der Waals surface area contributed by atoms with Gasteiger partial charge in [0.05, 0.1) is 6.61 Å². The van der Waals surface area contributed by atoms with Gasteiger partial charge in [-0.2, -0.15) is 0 Å². The lowest BCUT2D eigenvalue weighted by Crippen LogP contribution is -2.42. The number of ketones is 1. The van der Waals surface area contributed by atoms with Crippen molar-refractivity contribution in [2.45, 2.75) is 43.6 Å². The molecule has 0 amide bonds. The third kappa shape index (κ3) is 1.37. The second-order valence-electron chi connectivity index (χ2n) is 3.83. The lowest BCUT2D eigenvalue weighted by Gasteiger charge is -2.33. The van der Waals surface area contributed by atoms with E-state index >= 15 is 0 Å². The second-order valence-corrected chi connectivity index (χ2v) is 3.83. The fourth-order valence-corrected chi connectivity index (χ4v) is 2.11. The van der Waals surface area contributed by atoms with Gasteiger partial charge in [0.15, 0.2) is 12.3 Å². The van der Waals surface area contributed by atoms with Crippen LogP contribution in [0.4, 0.5) is 8.78 Å². The highest BCUT2D eigenvalue weighted by atomic mass is 19.2. The van der Waals surface area contributed by atoms with Gasteiger partial charge in [-0.3, -0.25) is 4.79 Å². The minimum atomic E-state index is -1.54. The number of hydrogen-bond acceptors (Lipinski definition) is 2. The summed E-state index contributed by atoms with van der Waals surface area (Å²) in [6.07, 6.45) is -1.71. The highest BCUT2D eigenvalue weighted by molar-refractivity contribution is 5.79. The number of ether oxygens (including phenoxy) is 1. The Morgan fingerprint density at radius 3 is 2.38 bits per heavy atom. The van der Waals surface area contributed by atoms with Crippen molar-refractivity contribution in [2.75, 3.05) is 6.61 Å². The van der Waals surface area contributed by atoms with Gasteiger partial charge in [0.2, 0.25) is 0 Å². The molecule has 1 saturated carbocycles. The van der Waals surface area contributed by atoms with Crippen molar-refractivity contribution in [1.82, 2.24) is 0 Å². The van der Waals surface area contributed by atoms with Gasteiger partial charge in [0.1, 0.15) is 11.4 Å². The maximum Gasteiger partial charge on any atom is 0.162 e. The van der Waals surface area contributed by atoms with Crippen molar-refractivity contribution < 1.29 is 18.3 Å². The molecule has 4 heteroatoms. The van der Waals surface area contributed by atoms with Gasteiger partial charge in [-0.15, -0.1) is 0 Å². The largest absolute Gasteiger partial charge is 0.369 e. The van der Waals surface area contributed by atoms with Crippen LogP contribution in [0.3, 0.4) is 0 Å². The molecule has 2 aliphatic rings. The van der Waals surface area contributed by atoms with Crippen molar-refractivity contribution >= 4 is 5.78 Å². The predicted molar refractivity (Wildman–Crippen MR) is 42.0 cm³/mol. The van der Waals surface area contributed by atoms with Crippen LogP contribution in [0.1, 0.15) is 25.7 Å². The van der Waals surface area contributed by atoms with Crippen molar-refractivity contribution in [3.05, 3.63) is 0 Å². The Bertz CT molecular complexity index is 220. The third-order valence-electron chi connectivity index (χ3n) is 3.00. The Hall–Kier alpha value is -0.510. The molecule has 0 aromatic carbocycles. The summed E-state index contributed by atoms with van der Waals surface area (Å²) in [5, 5.41) is 0. The lowest BCUT2D eigenvalue weighted by atomic mass is 9.81. The Labute approximate surface area is 75.3 Å². The average molecular weight is 190 g/mol. The third-order valence-corrected chi connectivity index (χ3v) is 3.00. The fraction of sp³-hybridized carbons (Fsp3) is 0.889. The number of rotatable bonds is 0. The van der Waals surface area contributed by atoms with Crippen LogP contribution in [0.15, 0.2) is 0 Å². The molecule has 0 bridgehead atoms. The smallest absolute Gasteiger partial charge is 0.162 e. The summed E-state index contributed by atoms with van der Waals surface area (Å²) in [6, 6.07) is 0. The van der Waals surface area contributed by atoms with E-state index in [-0.39, 0.29) is 12.4 Å². The molecule has 2 nitrogen and oxygen atoms in total. The zero-order chi connectivity index (χ0) is 9.47. The molecule has 2 unspecified atom stereocenters. The van der Waals surface area contributed by atoms with Crippen molar-refractivity contribution in [2.24, 2.45) is 0 Å². The quantitative estimate of drug-likeness (QED) is 0.579. The van der Waals surface area contributed by atoms with Crippen LogP contribution in [-0.4, -0.2) is 30.3 Å². The molecule has 1 saturated heterocycles. The molecular formula is C9H12F2O2. The van der Waals surface area contributed by atoms with E-state index in [2.05, 4.69) is 0 Å². The van der Waals surface area contributed by atoms with Gasteiger partial charge in [-0.25, -0.2) is 8.78 Å². The summed E-state index contributed by atoms with van der Waals surface area (Å²) in [4.78, 5) is 10.9. The maximum absolute atomic E-state index is 13.4. The lowest BCUT2D eigenvalue weighted by molar-refractivity contribution is -0.128. The van der Waals surface area contributed by atoms with Crippen molar-refractivity contribution in [1.29, 1.82) is 0 Å². The van der Waals surface area contributed by atoms with E-state index in [1.165, 1.54) is 0 Å². The molecule has 0 radical (unpaired) electrons. The molecule has 2 atom stereocenters. The first-order valence-electron chi connectivity index (χ1n) is 4.58. The molecule has 2 rings (SSSR count). The van der Waals surface area contributed by atoms with Crippen LogP contribution < -0.4 is 0 Å². The van der Waals surface area contributed by atoms with E-state index in [1.54, 1.807) is 0 Å². The monoisotopic (exact) mass is 190 g/mol. The summed E-state index contributed by atoms with van der Waals surface area (Å²) in [7, 11) is 0. The van der Waals surface area contributed by atoms with Gasteiger partial charge in [-0.05, 0) is 12.8 Å². The summed E-state index contributed by atoms with van der Waals surface area (Å²) < 4.78 is 31.4. The fourth-order valence-electron chi connectivity index (χ4n) is 2.11. The number of carbonyl (C=O) groups is 1. The van der Waals surface area contributed by atoms with Crippen molar-refractivity contribution in [3.63, 3.8) is 0 Å². The van der Waals surface area contributed by atoms with Gasteiger partial charge in [0, 0.05) is 12.8 Å². The summed E-state index contributed by atoms with van der Waals surface area (Å²) in [5.41, 5.74) is -0.979. The SMILES string of the molecule is O=C1CCC2(CC1)OCC(F)C2F. The van der Waals surface area contributed by atoms with Crippen LogP contribution >= 0.6 is 0 Å². The molecule has 13 heavy (non-hydrogen) atoms. The first kappa shape index (κ1) is 9.06. The molecule has 2 fully saturated rings. The van der Waals surface area contributed by atoms with Crippen LogP contribution in [0.5, 0.6) is 0 Å². The van der Waals surface area contributed by atoms with Crippen LogP contribution in [-0.2, 0) is 9.53 Å². The molecule has 1 aliphatic carbocycles. The molecular weight excluding hydrogens is 178 g/mol. The second kappa shape index (κ2) is 3.01. The number of Topliss-reactive ketones (excluding diaryl/α,β-unsaturated/α-hetero) is 1. The van der Waals surface area contributed by atoms with Crippen molar-refractivity contribution in [3.8, 4) is 0 Å². The van der Waals surface area contributed by atoms with Crippen LogP contribution in [0, 0.1) is 0 Å². The van der Waals surface area contributed by atoms with E-state index < -0.39 is 17.9 Å². The zero-order valence-electron chi connectivity index (χ0n) is 7.26. The average Bonchev–Trinajstić information content (AvgIpc) is 2.40. The molecule has 0 N–H and O–H groups in total. The summed E-state index contributed by atoms with van der Waals surface area (Å²) in [5.74, 6) is 0.128.